The van der Waals surface area contributed by atoms with Crippen LogP contribution < -0.4 is 11.1 Å². The molecule has 0 saturated carbocycles. The lowest BCUT2D eigenvalue weighted by Crippen LogP contribution is -2.36. The van der Waals surface area contributed by atoms with Gasteiger partial charge in [0.15, 0.2) is 0 Å². The SMILES string of the molecule is C[C@H](NC(=O)C1CCC(CN)O1)c1cccc(Cl)c1. The highest BCUT2D eigenvalue weighted by Crippen LogP contribution is 2.21. The summed E-state index contributed by atoms with van der Waals surface area (Å²) in [5.74, 6) is -0.0802. The fraction of sp³-hybridized carbons (Fsp3) is 0.500. The van der Waals surface area contributed by atoms with Gasteiger partial charge in [0.05, 0.1) is 12.1 Å². The predicted octanol–water partition coefficient (Wildman–Crippen LogP) is 2.02. The van der Waals surface area contributed by atoms with Crippen LogP contribution in [0.3, 0.4) is 0 Å². The van der Waals surface area contributed by atoms with Crippen molar-refractivity contribution in [3.63, 3.8) is 0 Å². The number of benzene rings is 1. The number of amides is 1. The highest BCUT2D eigenvalue weighted by molar-refractivity contribution is 6.30. The van der Waals surface area contributed by atoms with Gasteiger partial charge in [-0.1, -0.05) is 23.7 Å². The molecule has 3 N–H and O–H groups in total. The Hall–Kier alpha value is -1.10. The maximum absolute atomic E-state index is 12.1. The molecule has 0 bridgehead atoms. The van der Waals surface area contributed by atoms with Crippen molar-refractivity contribution in [1.82, 2.24) is 5.32 Å². The Labute approximate surface area is 118 Å². The Kier molecular flexibility index (Phi) is 4.80. The molecule has 104 valence electrons. The third-order valence-electron chi connectivity index (χ3n) is 3.37. The lowest BCUT2D eigenvalue weighted by molar-refractivity contribution is -0.132. The van der Waals surface area contributed by atoms with E-state index in [2.05, 4.69) is 5.32 Å². The molecule has 0 aliphatic carbocycles. The van der Waals surface area contributed by atoms with Crippen LogP contribution in [0.2, 0.25) is 5.02 Å². The first kappa shape index (κ1) is 14.3. The van der Waals surface area contributed by atoms with Crippen molar-refractivity contribution >= 4 is 17.5 Å². The highest BCUT2D eigenvalue weighted by atomic mass is 35.5. The summed E-state index contributed by atoms with van der Waals surface area (Å²) in [5.41, 5.74) is 6.51. The Morgan fingerprint density at radius 3 is 3.00 bits per heavy atom. The molecule has 19 heavy (non-hydrogen) atoms. The number of hydrogen-bond donors (Lipinski definition) is 2. The third-order valence-corrected chi connectivity index (χ3v) is 3.61. The van der Waals surface area contributed by atoms with Crippen molar-refractivity contribution in [2.75, 3.05) is 6.54 Å². The maximum Gasteiger partial charge on any atom is 0.249 e. The smallest absolute Gasteiger partial charge is 0.249 e. The van der Waals surface area contributed by atoms with Crippen LogP contribution in [-0.2, 0) is 9.53 Å². The van der Waals surface area contributed by atoms with Gasteiger partial charge >= 0.3 is 0 Å². The second-order valence-corrected chi connectivity index (χ2v) is 5.28. The van der Waals surface area contributed by atoms with E-state index in [1.807, 2.05) is 31.2 Å². The van der Waals surface area contributed by atoms with E-state index in [9.17, 15) is 4.79 Å². The van der Waals surface area contributed by atoms with E-state index >= 15 is 0 Å². The van der Waals surface area contributed by atoms with E-state index < -0.39 is 0 Å². The number of halogens is 1. The van der Waals surface area contributed by atoms with Gasteiger partial charge in [0.1, 0.15) is 6.10 Å². The van der Waals surface area contributed by atoms with Crippen molar-refractivity contribution < 1.29 is 9.53 Å². The van der Waals surface area contributed by atoms with Crippen LogP contribution >= 0.6 is 11.6 Å². The minimum Gasteiger partial charge on any atom is -0.364 e. The van der Waals surface area contributed by atoms with Crippen LogP contribution in [0.4, 0.5) is 0 Å². The second kappa shape index (κ2) is 6.37. The van der Waals surface area contributed by atoms with E-state index in [4.69, 9.17) is 22.1 Å². The van der Waals surface area contributed by atoms with Crippen LogP contribution in [0.25, 0.3) is 0 Å². The van der Waals surface area contributed by atoms with Crippen molar-refractivity contribution in [3.05, 3.63) is 34.9 Å². The quantitative estimate of drug-likeness (QED) is 0.888. The molecule has 1 aromatic rings. The molecule has 1 aromatic carbocycles. The molecule has 5 heteroatoms. The number of nitrogens with two attached hydrogens (primary N) is 1. The van der Waals surface area contributed by atoms with Gasteiger partial charge in [-0.05, 0) is 37.5 Å². The van der Waals surface area contributed by atoms with E-state index in [0.29, 0.717) is 11.6 Å². The van der Waals surface area contributed by atoms with Gasteiger partial charge in [0.25, 0.3) is 0 Å². The average Bonchev–Trinajstić information content (AvgIpc) is 2.87. The largest absolute Gasteiger partial charge is 0.364 e. The summed E-state index contributed by atoms with van der Waals surface area (Å²) in [6.07, 6.45) is 1.21. The monoisotopic (exact) mass is 282 g/mol. The molecule has 1 fully saturated rings. The summed E-state index contributed by atoms with van der Waals surface area (Å²) in [5, 5.41) is 3.61. The second-order valence-electron chi connectivity index (χ2n) is 4.85. The molecule has 3 atom stereocenters. The lowest BCUT2D eigenvalue weighted by atomic mass is 10.1. The molecule has 0 aromatic heterocycles. The standard InChI is InChI=1S/C14H19ClN2O2/c1-9(10-3-2-4-11(15)7-10)17-14(18)13-6-5-12(8-16)19-13/h2-4,7,9,12-13H,5-6,8,16H2,1H3,(H,17,18)/t9-,12?,13?/m0/s1. The van der Waals surface area contributed by atoms with Gasteiger partial charge in [0.2, 0.25) is 5.91 Å². The number of carbonyl (C=O) groups is 1. The third kappa shape index (κ3) is 3.69. The highest BCUT2D eigenvalue weighted by Gasteiger charge is 2.30. The van der Waals surface area contributed by atoms with E-state index in [0.717, 1.165) is 18.4 Å². The Bertz CT molecular complexity index is 453. The molecular formula is C14H19ClN2O2. The van der Waals surface area contributed by atoms with E-state index in [-0.39, 0.29) is 24.2 Å². The molecule has 1 amide bonds. The Balaban J connectivity index is 1.92. The average molecular weight is 283 g/mol. The minimum absolute atomic E-state index is 0.0113. The van der Waals surface area contributed by atoms with Crippen molar-refractivity contribution in [1.29, 1.82) is 0 Å². The summed E-state index contributed by atoms with van der Waals surface area (Å²) in [4.78, 5) is 12.1. The van der Waals surface area contributed by atoms with Crippen LogP contribution in [0.1, 0.15) is 31.4 Å². The number of ether oxygens (including phenoxy) is 1. The Morgan fingerprint density at radius 1 is 1.58 bits per heavy atom. The summed E-state index contributed by atoms with van der Waals surface area (Å²) in [6, 6.07) is 7.38. The molecule has 2 rings (SSSR count). The molecule has 1 heterocycles. The molecule has 1 saturated heterocycles. The molecule has 1 aliphatic heterocycles. The van der Waals surface area contributed by atoms with E-state index in [1.165, 1.54) is 0 Å². The summed E-state index contributed by atoms with van der Waals surface area (Å²) in [6.45, 7) is 2.40. The molecule has 2 unspecified atom stereocenters. The number of carbonyl (C=O) groups excluding carboxylic acids is 1. The first-order valence-corrected chi connectivity index (χ1v) is 6.89. The zero-order chi connectivity index (χ0) is 13.8. The van der Waals surface area contributed by atoms with Crippen molar-refractivity contribution in [2.24, 2.45) is 5.73 Å². The van der Waals surface area contributed by atoms with Crippen LogP contribution in [0.5, 0.6) is 0 Å². The topological polar surface area (TPSA) is 64.4 Å². The normalized spacial score (nSPS) is 24.2. The van der Waals surface area contributed by atoms with Crippen molar-refractivity contribution in [3.8, 4) is 0 Å². The molecule has 1 aliphatic rings. The van der Waals surface area contributed by atoms with Crippen molar-refractivity contribution in [2.45, 2.75) is 38.0 Å². The zero-order valence-corrected chi connectivity index (χ0v) is 11.7. The van der Waals surface area contributed by atoms with Crippen LogP contribution in [0.15, 0.2) is 24.3 Å². The predicted molar refractivity (Wildman–Crippen MR) is 75.0 cm³/mol. The van der Waals surface area contributed by atoms with Crippen LogP contribution in [-0.4, -0.2) is 24.7 Å². The fourth-order valence-corrected chi connectivity index (χ4v) is 2.44. The maximum atomic E-state index is 12.1. The number of rotatable bonds is 4. The number of hydrogen-bond acceptors (Lipinski definition) is 3. The van der Waals surface area contributed by atoms with Gasteiger partial charge in [-0.2, -0.15) is 0 Å². The van der Waals surface area contributed by atoms with Gasteiger partial charge in [0, 0.05) is 11.6 Å². The fourth-order valence-electron chi connectivity index (χ4n) is 2.24. The van der Waals surface area contributed by atoms with E-state index in [1.54, 1.807) is 0 Å². The summed E-state index contributed by atoms with van der Waals surface area (Å²) >= 11 is 5.94. The molecule has 4 nitrogen and oxygen atoms in total. The number of nitrogens with one attached hydrogen (secondary N) is 1. The first-order valence-electron chi connectivity index (χ1n) is 6.51. The summed E-state index contributed by atoms with van der Waals surface area (Å²) in [7, 11) is 0. The zero-order valence-electron chi connectivity index (χ0n) is 10.9. The van der Waals surface area contributed by atoms with Gasteiger partial charge in [-0.25, -0.2) is 0 Å². The molecule has 0 radical (unpaired) electrons. The van der Waals surface area contributed by atoms with Gasteiger partial charge in [-0.15, -0.1) is 0 Å². The van der Waals surface area contributed by atoms with Gasteiger partial charge < -0.3 is 15.8 Å². The summed E-state index contributed by atoms with van der Waals surface area (Å²) < 4.78 is 5.57. The molecule has 0 spiro atoms. The van der Waals surface area contributed by atoms with Crippen LogP contribution in [0, 0.1) is 0 Å². The molecular weight excluding hydrogens is 264 g/mol. The minimum atomic E-state index is -0.379. The lowest BCUT2D eigenvalue weighted by Gasteiger charge is -2.18. The first-order chi connectivity index (χ1) is 9.10. The Morgan fingerprint density at radius 2 is 2.37 bits per heavy atom. The van der Waals surface area contributed by atoms with Gasteiger partial charge in [-0.3, -0.25) is 4.79 Å².